The molecule has 1 atom stereocenters. The van der Waals surface area contributed by atoms with E-state index < -0.39 is 12.0 Å². The smallest absolute Gasteiger partial charge is 0.326 e. The van der Waals surface area contributed by atoms with Gasteiger partial charge in [-0.05, 0) is 18.4 Å². The minimum absolute atomic E-state index is 0.135. The number of hydrogen-bond donors (Lipinski definition) is 2. The largest absolute Gasteiger partial charge is 0.480 e. The average molecular weight is 270 g/mol. The number of rotatable bonds is 6. The fourth-order valence-electron chi connectivity index (χ4n) is 0.726. The highest BCUT2D eigenvalue weighted by molar-refractivity contribution is 9.09. The van der Waals surface area contributed by atoms with Gasteiger partial charge in [0.2, 0.25) is 5.91 Å². The van der Waals surface area contributed by atoms with Gasteiger partial charge in [-0.3, -0.25) is 4.79 Å². The Morgan fingerprint density at radius 2 is 2.23 bits per heavy atom. The third kappa shape index (κ3) is 5.93. The molecular weight excluding hydrogens is 258 g/mol. The molecule has 0 spiro atoms. The first kappa shape index (κ1) is 12.8. The molecule has 0 radical (unpaired) electrons. The number of halogens is 1. The van der Waals surface area contributed by atoms with Crippen LogP contribution in [0.5, 0.6) is 0 Å². The summed E-state index contributed by atoms with van der Waals surface area (Å²) in [7, 11) is 0. The van der Waals surface area contributed by atoms with Crippen LogP contribution in [0.25, 0.3) is 0 Å². The van der Waals surface area contributed by atoms with E-state index in [4.69, 9.17) is 5.11 Å². The van der Waals surface area contributed by atoms with Gasteiger partial charge in [-0.1, -0.05) is 15.9 Å². The van der Waals surface area contributed by atoms with Gasteiger partial charge < -0.3 is 10.4 Å². The second kappa shape index (κ2) is 7.20. The zero-order valence-corrected chi connectivity index (χ0v) is 9.65. The maximum Gasteiger partial charge on any atom is 0.326 e. The quantitative estimate of drug-likeness (QED) is 0.697. The Labute approximate surface area is 89.6 Å². The number of carbonyl (C=O) groups is 2. The van der Waals surface area contributed by atoms with E-state index in [1.807, 2.05) is 6.26 Å². The van der Waals surface area contributed by atoms with Crippen molar-refractivity contribution in [1.82, 2.24) is 5.32 Å². The molecule has 0 heterocycles. The summed E-state index contributed by atoms with van der Waals surface area (Å²) in [5.74, 6) is -0.559. The summed E-state index contributed by atoms with van der Waals surface area (Å²) in [5, 5.41) is 11.2. The molecule has 0 fully saturated rings. The Balaban J connectivity index is 3.94. The fraction of sp³-hybridized carbons (Fsp3) is 0.714. The molecule has 0 unspecified atom stereocenters. The summed E-state index contributed by atoms with van der Waals surface area (Å²) >= 11 is 4.51. The van der Waals surface area contributed by atoms with E-state index in [1.54, 1.807) is 11.8 Å². The van der Waals surface area contributed by atoms with Crippen molar-refractivity contribution < 1.29 is 14.7 Å². The summed E-state index contributed by atoms with van der Waals surface area (Å²) in [6.45, 7) is 0. The molecule has 0 rings (SSSR count). The van der Waals surface area contributed by atoms with Gasteiger partial charge in [0.25, 0.3) is 0 Å². The standard InChI is InChI=1S/C7H12BrNO3S/c1-13-3-2-5(7(11)12)9-6(10)4-8/h5H,2-4H2,1H3,(H,9,10)(H,11,12)/t5-/m0/s1. The van der Waals surface area contributed by atoms with Gasteiger partial charge in [0.15, 0.2) is 0 Å². The molecule has 76 valence electrons. The first-order chi connectivity index (χ1) is 6.11. The van der Waals surface area contributed by atoms with Crippen LogP contribution in [0.15, 0.2) is 0 Å². The van der Waals surface area contributed by atoms with Gasteiger partial charge in [-0.15, -0.1) is 0 Å². The highest BCUT2D eigenvalue weighted by atomic mass is 79.9. The van der Waals surface area contributed by atoms with Crippen molar-refractivity contribution in [3.8, 4) is 0 Å². The van der Waals surface area contributed by atoms with Crippen molar-refractivity contribution in [1.29, 1.82) is 0 Å². The Hall–Kier alpha value is -0.230. The fourth-order valence-corrected chi connectivity index (χ4v) is 1.36. The van der Waals surface area contributed by atoms with Crippen LogP contribution in [0.2, 0.25) is 0 Å². The number of thioether (sulfide) groups is 1. The molecule has 13 heavy (non-hydrogen) atoms. The number of carboxylic acids is 1. The average Bonchev–Trinajstić information content (AvgIpc) is 2.11. The van der Waals surface area contributed by atoms with Gasteiger partial charge in [0, 0.05) is 0 Å². The number of alkyl halides is 1. The van der Waals surface area contributed by atoms with Crippen molar-refractivity contribution in [3.05, 3.63) is 0 Å². The van der Waals surface area contributed by atoms with E-state index in [2.05, 4.69) is 21.2 Å². The lowest BCUT2D eigenvalue weighted by atomic mass is 10.2. The van der Waals surface area contributed by atoms with E-state index >= 15 is 0 Å². The third-order valence-electron chi connectivity index (χ3n) is 1.37. The molecule has 0 bridgehead atoms. The third-order valence-corrected chi connectivity index (χ3v) is 2.52. The number of nitrogens with one attached hydrogen (secondary N) is 1. The molecule has 0 aromatic heterocycles. The van der Waals surface area contributed by atoms with Crippen LogP contribution < -0.4 is 5.32 Å². The lowest BCUT2D eigenvalue weighted by Crippen LogP contribution is -2.41. The monoisotopic (exact) mass is 269 g/mol. The maximum atomic E-state index is 10.9. The maximum absolute atomic E-state index is 10.9. The second-order valence-electron chi connectivity index (χ2n) is 2.37. The molecule has 0 aliphatic rings. The van der Waals surface area contributed by atoms with E-state index in [-0.39, 0.29) is 11.2 Å². The lowest BCUT2D eigenvalue weighted by molar-refractivity contribution is -0.141. The highest BCUT2D eigenvalue weighted by Gasteiger charge is 2.18. The van der Waals surface area contributed by atoms with Gasteiger partial charge >= 0.3 is 5.97 Å². The summed E-state index contributed by atoms with van der Waals surface area (Å²) in [5.41, 5.74) is 0. The topological polar surface area (TPSA) is 66.4 Å². The number of carbonyl (C=O) groups excluding carboxylic acids is 1. The van der Waals surface area contributed by atoms with E-state index in [9.17, 15) is 9.59 Å². The molecule has 0 aliphatic heterocycles. The molecule has 6 heteroatoms. The van der Waals surface area contributed by atoms with Crippen LogP contribution in [-0.4, -0.2) is 40.4 Å². The molecule has 0 aromatic rings. The second-order valence-corrected chi connectivity index (χ2v) is 3.92. The zero-order valence-electron chi connectivity index (χ0n) is 7.25. The molecule has 1 amide bonds. The molecule has 0 aromatic carbocycles. The SMILES string of the molecule is CSCC[C@H](NC(=O)CBr)C(=O)O. The summed E-state index contributed by atoms with van der Waals surface area (Å²) in [6.07, 6.45) is 2.35. The number of carboxylic acid groups (broad SMARTS) is 1. The minimum atomic E-state index is -0.983. The zero-order chi connectivity index (χ0) is 10.3. The summed E-state index contributed by atoms with van der Waals surface area (Å²) < 4.78 is 0. The molecule has 2 N–H and O–H groups in total. The molecular formula is C7H12BrNO3S. The van der Waals surface area contributed by atoms with Crippen LogP contribution >= 0.6 is 27.7 Å². The Morgan fingerprint density at radius 3 is 2.62 bits per heavy atom. The van der Waals surface area contributed by atoms with E-state index in [1.165, 1.54) is 0 Å². The van der Waals surface area contributed by atoms with Gasteiger partial charge in [-0.25, -0.2) is 4.79 Å². The number of hydrogen-bond acceptors (Lipinski definition) is 3. The number of amides is 1. The molecule has 0 aliphatic carbocycles. The van der Waals surface area contributed by atoms with Gasteiger partial charge in [-0.2, -0.15) is 11.8 Å². The Kier molecular flexibility index (Phi) is 7.07. The van der Waals surface area contributed by atoms with Gasteiger partial charge in [0.05, 0.1) is 5.33 Å². The van der Waals surface area contributed by atoms with E-state index in [0.717, 1.165) is 5.75 Å². The van der Waals surface area contributed by atoms with Crippen molar-refractivity contribution in [3.63, 3.8) is 0 Å². The first-order valence-electron chi connectivity index (χ1n) is 3.69. The van der Waals surface area contributed by atoms with Crippen LogP contribution in [-0.2, 0) is 9.59 Å². The van der Waals surface area contributed by atoms with Crippen molar-refractivity contribution >= 4 is 39.6 Å². The highest BCUT2D eigenvalue weighted by Crippen LogP contribution is 2.01. The van der Waals surface area contributed by atoms with Crippen molar-refractivity contribution in [2.24, 2.45) is 0 Å². The van der Waals surface area contributed by atoms with Crippen LogP contribution in [0.4, 0.5) is 0 Å². The minimum Gasteiger partial charge on any atom is -0.480 e. The Bertz CT molecular complexity index is 189. The van der Waals surface area contributed by atoms with Crippen molar-refractivity contribution in [2.75, 3.05) is 17.3 Å². The molecule has 0 saturated heterocycles. The predicted molar refractivity (Wildman–Crippen MR) is 56.4 cm³/mol. The lowest BCUT2D eigenvalue weighted by Gasteiger charge is -2.12. The summed E-state index contributed by atoms with van der Waals surface area (Å²) in [6, 6.07) is -0.766. The Morgan fingerprint density at radius 1 is 1.62 bits per heavy atom. The van der Waals surface area contributed by atoms with Gasteiger partial charge in [0.1, 0.15) is 6.04 Å². The predicted octanol–water partition coefficient (Wildman–Crippen LogP) is 0.704. The van der Waals surface area contributed by atoms with Crippen LogP contribution in [0.1, 0.15) is 6.42 Å². The molecule has 4 nitrogen and oxygen atoms in total. The van der Waals surface area contributed by atoms with Crippen LogP contribution in [0, 0.1) is 0 Å². The van der Waals surface area contributed by atoms with Crippen LogP contribution in [0.3, 0.4) is 0 Å². The van der Waals surface area contributed by atoms with Crippen molar-refractivity contribution in [2.45, 2.75) is 12.5 Å². The molecule has 0 saturated carbocycles. The van der Waals surface area contributed by atoms with E-state index in [0.29, 0.717) is 6.42 Å². The number of aliphatic carboxylic acids is 1. The first-order valence-corrected chi connectivity index (χ1v) is 6.20. The summed E-state index contributed by atoms with van der Waals surface area (Å²) in [4.78, 5) is 21.5. The normalized spacial score (nSPS) is 12.2.